The Bertz CT molecular complexity index is 214. The third-order valence-electron chi connectivity index (χ3n) is 5.01. The molecule has 0 aliphatic carbocycles. The fourth-order valence-corrected chi connectivity index (χ4v) is 6.39. The highest BCUT2D eigenvalue weighted by atomic mass is 31.1. The molecule has 0 aliphatic rings. The highest BCUT2D eigenvalue weighted by Crippen LogP contribution is 2.47. The summed E-state index contributed by atoms with van der Waals surface area (Å²) in [6.45, 7) is 14.5. The second-order valence-electron chi connectivity index (χ2n) is 7.94. The molecule has 0 saturated carbocycles. The Hall–Kier alpha value is 0.430. The molecule has 1 unspecified atom stereocenters. The molecule has 1 atom stereocenters. The SMILES string of the molecule is CCCCCCCCCCCC(C)CCP(C(C)C)C(C)C. The van der Waals surface area contributed by atoms with E-state index >= 15 is 0 Å². The van der Waals surface area contributed by atoms with Crippen LogP contribution in [-0.2, 0) is 0 Å². The van der Waals surface area contributed by atoms with Crippen LogP contribution in [0.15, 0.2) is 0 Å². The first kappa shape index (κ1) is 22.4. The third-order valence-corrected chi connectivity index (χ3v) is 8.43. The highest BCUT2D eigenvalue weighted by Gasteiger charge is 2.17. The van der Waals surface area contributed by atoms with Crippen LogP contribution in [-0.4, -0.2) is 17.5 Å². The zero-order chi connectivity index (χ0) is 16.8. The second kappa shape index (κ2) is 15.0. The van der Waals surface area contributed by atoms with Gasteiger partial charge in [0.2, 0.25) is 0 Å². The van der Waals surface area contributed by atoms with Gasteiger partial charge in [0.1, 0.15) is 0 Å². The molecule has 0 spiro atoms. The maximum atomic E-state index is 2.49. The van der Waals surface area contributed by atoms with Crippen molar-refractivity contribution in [2.45, 2.75) is 123 Å². The molecule has 0 N–H and O–H groups in total. The Morgan fingerprint density at radius 2 is 1.05 bits per heavy atom. The molecular formula is C21H45P. The summed E-state index contributed by atoms with van der Waals surface area (Å²) in [5.41, 5.74) is 1.82. The molecule has 0 aromatic rings. The summed E-state index contributed by atoms with van der Waals surface area (Å²) in [6.07, 6.45) is 17.5. The van der Waals surface area contributed by atoms with Crippen LogP contribution in [0, 0.1) is 5.92 Å². The van der Waals surface area contributed by atoms with Gasteiger partial charge in [0.25, 0.3) is 0 Å². The van der Waals surface area contributed by atoms with E-state index in [2.05, 4.69) is 41.5 Å². The summed E-state index contributed by atoms with van der Waals surface area (Å²) < 4.78 is 0. The van der Waals surface area contributed by atoms with Crippen LogP contribution in [0.5, 0.6) is 0 Å². The minimum absolute atomic E-state index is 0.257. The van der Waals surface area contributed by atoms with Gasteiger partial charge in [-0.05, 0) is 29.8 Å². The van der Waals surface area contributed by atoms with Gasteiger partial charge < -0.3 is 0 Å². The fourth-order valence-electron chi connectivity index (χ4n) is 3.43. The van der Waals surface area contributed by atoms with Gasteiger partial charge in [0.05, 0.1) is 0 Å². The molecule has 0 heterocycles. The van der Waals surface area contributed by atoms with E-state index in [0.29, 0.717) is 0 Å². The predicted octanol–water partition coefficient (Wildman–Crippen LogP) is 8.23. The maximum absolute atomic E-state index is 2.49. The van der Waals surface area contributed by atoms with Crippen molar-refractivity contribution in [3.05, 3.63) is 0 Å². The molecule has 0 rings (SSSR count). The number of unbranched alkanes of at least 4 members (excludes halogenated alkanes) is 8. The van der Waals surface area contributed by atoms with Gasteiger partial charge in [0, 0.05) is 0 Å². The molecule has 0 amide bonds. The lowest BCUT2D eigenvalue weighted by Crippen LogP contribution is -2.09. The molecule has 1 heteroatoms. The standard InChI is InChI=1S/C21H45P/c1-7-8-9-10-11-12-13-14-15-16-21(6)17-18-22(19(2)3)20(4)5/h19-21H,7-18H2,1-6H3. The van der Waals surface area contributed by atoms with Crippen LogP contribution in [0.4, 0.5) is 0 Å². The summed E-state index contributed by atoms with van der Waals surface area (Å²) in [7, 11) is 0.257. The minimum atomic E-state index is 0.257. The van der Waals surface area contributed by atoms with E-state index in [9.17, 15) is 0 Å². The minimum Gasteiger partial charge on any atom is -0.101 e. The smallest absolute Gasteiger partial charge is 0.0264 e. The van der Waals surface area contributed by atoms with Crippen molar-refractivity contribution in [2.24, 2.45) is 5.92 Å². The van der Waals surface area contributed by atoms with Crippen molar-refractivity contribution in [3.63, 3.8) is 0 Å². The summed E-state index contributed by atoms with van der Waals surface area (Å²) >= 11 is 0. The number of rotatable bonds is 15. The lowest BCUT2D eigenvalue weighted by molar-refractivity contribution is 0.470. The Morgan fingerprint density at radius 1 is 0.591 bits per heavy atom. The summed E-state index contributed by atoms with van der Waals surface area (Å²) in [5, 5.41) is 0. The summed E-state index contributed by atoms with van der Waals surface area (Å²) in [4.78, 5) is 0. The van der Waals surface area contributed by atoms with Crippen LogP contribution < -0.4 is 0 Å². The van der Waals surface area contributed by atoms with Crippen LogP contribution in [0.2, 0.25) is 0 Å². The van der Waals surface area contributed by atoms with E-state index in [0.717, 1.165) is 17.2 Å². The topological polar surface area (TPSA) is 0 Å². The van der Waals surface area contributed by atoms with E-state index < -0.39 is 0 Å². The normalized spacial score (nSPS) is 13.5. The summed E-state index contributed by atoms with van der Waals surface area (Å²) in [5.74, 6) is 0.951. The van der Waals surface area contributed by atoms with Crippen molar-refractivity contribution >= 4 is 7.92 Å². The first-order valence-electron chi connectivity index (χ1n) is 10.2. The molecule has 0 saturated heterocycles. The average Bonchev–Trinajstić information content (AvgIpc) is 2.45. The first-order valence-corrected chi connectivity index (χ1v) is 11.9. The van der Waals surface area contributed by atoms with Gasteiger partial charge in [-0.1, -0.05) is 106 Å². The molecule has 0 nitrogen and oxygen atoms in total. The van der Waals surface area contributed by atoms with E-state index in [-0.39, 0.29) is 7.92 Å². The molecule has 0 aromatic carbocycles. The Labute approximate surface area is 144 Å². The maximum Gasteiger partial charge on any atom is -0.0264 e. The van der Waals surface area contributed by atoms with E-state index in [1.54, 1.807) is 0 Å². The Morgan fingerprint density at radius 3 is 1.50 bits per heavy atom. The second-order valence-corrected chi connectivity index (χ2v) is 11.5. The molecule has 0 aliphatic heterocycles. The quantitative estimate of drug-likeness (QED) is 0.210. The van der Waals surface area contributed by atoms with Gasteiger partial charge >= 0.3 is 0 Å². The molecule has 134 valence electrons. The highest BCUT2D eigenvalue weighted by molar-refractivity contribution is 7.59. The predicted molar refractivity (Wildman–Crippen MR) is 108 cm³/mol. The molecule has 0 bridgehead atoms. The van der Waals surface area contributed by atoms with Gasteiger partial charge in [-0.25, -0.2) is 0 Å². The van der Waals surface area contributed by atoms with Crippen LogP contribution >= 0.6 is 7.92 Å². The fraction of sp³-hybridized carbons (Fsp3) is 1.00. The molecular weight excluding hydrogens is 283 g/mol. The van der Waals surface area contributed by atoms with Crippen LogP contribution in [0.3, 0.4) is 0 Å². The van der Waals surface area contributed by atoms with Gasteiger partial charge in [-0.3, -0.25) is 0 Å². The zero-order valence-electron chi connectivity index (χ0n) is 16.7. The largest absolute Gasteiger partial charge is 0.101 e. The van der Waals surface area contributed by atoms with Gasteiger partial charge in [-0.15, -0.1) is 7.92 Å². The van der Waals surface area contributed by atoms with E-state index in [1.807, 2.05) is 0 Å². The third kappa shape index (κ3) is 12.9. The average molecular weight is 329 g/mol. The molecule has 22 heavy (non-hydrogen) atoms. The Kier molecular flexibility index (Phi) is 15.3. The number of hydrogen-bond acceptors (Lipinski definition) is 0. The Balaban J connectivity index is 3.48. The molecule has 0 radical (unpaired) electrons. The van der Waals surface area contributed by atoms with E-state index in [4.69, 9.17) is 0 Å². The zero-order valence-corrected chi connectivity index (χ0v) is 17.6. The van der Waals surface area contributed by atoms with Crippen molar-refractivity contribution in [3.8, 4) is 0 Å². The monoisotopic (exact) mass is 328 g/mol. The summed E-state index contributed by atoms with van der Waals surface area (Å²) in [6, 6.07) is 0. The van der Waals surface area contributed by atoms with Crippen molar-refractivity contribution in [2.75, 3.05) is 6.16 Å². The number of hydrogen-bond donors (Lipinski definition) is 0. The van der Waals surface area contributed by atoms with Crippen molar-refractivity contribution < 1.29 is 0 Å². The van der Waals surface area contributed by atoms with Gasteiger partial charge in [-0.2, -0.15) is 0 Å². The van der Waals surface area contributed by atoms with Gasteiger partial charge in [0.15, 0.2) is 0 Å². The first-order chi connectivity index (χ1) is 10.5. The molecule has 0 aromatic heterocycles. The molecule has 0 fully saturated rings. The van der Waals surface area contributed by atoms with Crippen molar-refractivity contribution in [1.29, 1.82) is 0 Å². The van der Waals surface area contributed by atoms with E-state index in [1.165, 1.54) is 76.8 Å². The lowest BCUT2D eigenvalue weighted by atomic mass is 9.99. The van der Waals surface area contributed by atoms with Crippen molar-refractivity contribution in [1.82, 2.24) is 0 Å². The van der Waals surface area contributed by atoms with Crippen LogP contribution in [0.25, 0.3) is 0 Å². The lowest BCUT2D eigenvalue weighted by Gasteiger charge is -2.27. The van der Waals surface area contributed by atoms with Crippen LogP contribution in [0.1, 0.15) is 112 Å².